The van der Waals surface area contributed by atoms with Gasteiger partial charge in [-0.15, -0.1) is 0 Å². The van der Waals surface area contributed by atoms with Crippen LogP contribution in [0.3, 0.4) is 0 Å². The second-order valence-electron chi connectivity index (χ2n) is 10.9. The Morgan fingerprint density at radius 2 is 1.76 bits per heavy atom. The van der Waals surface area contributed by atoms with Gasteiger partial charge in [-0.2, -0.15) is 0 Å². The summed E-state index contributed by atoms with van der Waals surface area (Å²) < 4.78 is 11.2. The lowest BCUT2D eigenvalue weighted by atomic mass is 9.98. The van der Waals surface area contributed by atoms with Gasteiger partial charge in [0.05, 0.1) is 24.3 Å². The molecule has 3 aromatic rings. The number of pyridine rings is 1. The number of carboxylic acids is 1. The van der Waals surface area contributed by atoms with E-state index in [4.69, 9.17) is 14.6 Å². The Bertz CT molecular complexity index is 1340. The van der Waals surface area contributed by atoms with Crippen molar-refractivity contribution in [1.82, 2.24) is 19.7 Å². The van der Waals surface area contributed by atoms with Crippen LogP contribution in [0, 0.1) is 6.92 Å². The second-order valence-corrected chi connectivity index (χ2v) is 10.9. The van der Waals surface area contributed by atoms with Gasteiger partial charge in [0.1, 0.15) is 5.75 Å². The highest BCUT2D eigenvalue weighted by molar-refractivity contribution is 5.87. The van der Waals surface area contributed by atoms with E-state index in [2.05, 4.69) is 33.8 Å². The molecule has 2 aliphatic rings. The van der Waals surface area contributed by atoms with Crippen molar-refractivity contribution in [1.29, 1.82) is 0 Å². The van der Waals surface area contributed by atoms with Crippen molar-refractivity contribution in [2.75, 3.05) is 33.4 Å². The number of carbonyl (C=O) groups excluding carboxylic acids is 1. The quantitative estimate of drug-likeness (QED) is 0.358. The fourth-order valence-corrected chi connectivity index (χ4v) is 5.86. The van der Waals surface area contributed by atoms with Crippen molar-refractivity contribution in [2.24, 2.45) is 0 Å². The molecule has 9 nitrogen and oxygen atoms in total. The number of urea groups is 1. The van der Waals surface area contributed by atoms with Crippen LogP contribution in [-0.2, 0) is 11.3 Å². The van der Waals surface area contributed by atoms with Crippen LogP contribution in [0.25, 0.3) is 0 Å². The van der Waals surface area contributed by atoms with Crippen LogP contribution >= 0.6 is 0 Å². The van der Waals surface area contributed by atoms with Gasteiger partial charge in [0.25, 0.3) is 0 Å². The van der Waals surface area contributed by atoms with Crippen LogP contribution in [0.2, 0.25) is 0 Å². The van der Waals surface area contributed by atoms with E-state index in [1.165, 1.54) is 17.7 Å². The Hall–Kier alpha value is -3.95. The molecule has 2 saturated heterocycles. The van der Waals surface area contributed by atoms with Crippen molar-refractivity contribution in [3.05, 3.63) is 89.1 Å². The molecule has 0 bridgehead atoms. The molecule has 3 heterocycles. The Morgan fingerprint density at radius 1 is 1.05 bits per heavy atom. The molecule has 41 heavy (non-hydrogen) atoms. The topological polar surface area (TPSA) is 95.4 Å². The first kappa shape index (κ1) is 28.6. The smallest absolute Gasteiger partial charge is 0.335 e. The first-order chi connectivity index (χ1) is 19.8. The molecule has 5 rings (SSSR count). The number of rotatable bonds is 10. The third kappa shape index (κ3) is 6.52. The number of likely N-dealkylation sites (tertiary alicyclic amines) is 1. The summed E-state index contributed by atoms with van der Waals surface area (Å²) in [6.07, 6.45) is 1.84. The number of methoxy groups -OCH3 is 1. The fourth-order valence-electron chi connectivity index (χ4n) is 5.86. The van der Waals surface area contributed by atoms with Gasteiger partial charge in [0.2, 0.25) is 5.88 Å². The molecule has 0 aliphatic carbocycles. The number of hydrogen-bond acceptors (Lipinski definition) is 6. The van der Waals surface area contributed by atoms with E-state index in [-0.39, 0.29) is 29.7 Å². The molecule has 0 spiro atoms. The summed E-state index contributed by atoms with van der Waals surface area (Å²) in [6.45, 7) is 7.81. The fraction of sp³-hybridized carbons (Fsp3) is 0.406. The molecular weight excluding hydrogens is 520 g/mol. The largest absolute Gasteiger partial charge is 0.478 e. The van der Waals surface area contributed by atoms with Crippen LogP contribution in [0.1, 0.15) is 53.0 Å². The summed E-state index contributed by atoms with van der Waals surface area (Å²) in [4.78, 5) is 35.9. The number of amides is 2. The maximum atomic E-state index is 13.7. The second kappa shape index (κ2) is 12.7. The molecule has 2 amide bonds. The van der Waals surface area contributed by atoms with Crippen LogP contribution in [0.15, 0.2) is 66.7 Å². The maximum absolute atomic E-state index is 13.7. The van der Waals surface area contributed by atoms with Crippen LogP contribution in [-0.4, -0.2) is 82.2 Å². The zero-order valence-electron chi connectivity index (χ0n) is 23.9. The lowest BCUT2D eigenvalue weighted by molar-refractivity contribution is 0.0696. The molecule has 9 heteroatoms. The van der Waals surface area contributed by atoms with Gasteiger partial charge in [-0.3, -0.25) is 4.90 Å². The predicted octanol–water partition coefficient (Wildman–Crippen LogP) is 5.36. The molecule has 0 radical (unpaired) electrons. The number of carbonyl (C=O) groups is 2. The van der Waals surface area contributed by atoms with Gasteiger partial charge < -0.3 is 24.4 Å². The number of piperidine rings is 1. The normalized spacial score (nSPS) is 19.0. The molecule has 2 aliphatic heterocycles. The standard InChI is InChI=1S/C32H38N4O5/c1-22(21-40-3)35-20-29(24-7-5-4-6-8-24)36(32(35)39)27-15-17-34(18-16-27)19-26-11-14-30(33-23(26)2)41-28-12-9-25(10-13-28)31(37)38/h4-14,22,27,29H,15-21H2,1-3H3,(H,37,38)/t22-,29-/m0/s1. The Labute approximate surface area is 241 Å². The zero-order chi connectivity index (χ0) is 28.9. The molecule has 216 valence electrons. The summed E-state index contributed by atoms with van der Waals surface area (Å²) in [5, 5.41) is 9.07. The molecule has 0 unspecified atom stereocenters. The number of aromatic carboxylic acids is 1. The van der Waals surface area contributed by atoms with Gasteiger partial charge >= 0.3 is 12.0 Å². The number of benzene rings is 2. The van der Waals surface area contributed by atoms with E-state index < -0.39 is 5.97 Å². The Balaban J connectivity index is 1.21. The van der Waals surface area contributed by atoms with E-state index in [9.17, 15) is 9.59 Å². The number of nitrogens with zero attached hydrogens (tertiary/aromatic N) is 4. The van der Waals surface area contributed by atoms with Crippen molar-refractivity contribution in [2.45, 2.75) is 51.4 Å². The van der Waals surface area contributed by atoms with Crippen molar-refractivity contribution < 1.29 is 24.2 Å². The molecule has 1 aromatic heterocycles. The van der Waals surface area contributed by atoms with E-state index in [0.29, 0.717) is 24.8 Å². The van der Waals surface area contributed by atoms with Crippen molar-refractivity contribution in [3.63, 3.8) is 0 Å². The summed E-state index contributed by atoms with van der Waals surface area (Å²) in [5.74, 6) is 0.0394. The van der Waals surface area contributed by atoms with Crippen LogP contribution in [0.4, 0.5) is 4.79 Å². The lowest BCUT2D eigenvalue weighted by Crippen LogP contribution is -2.48. The highest BCUT2D eigenvalue weighted by Crippen LogP contribution is 2.36. The Morgan fingerprint density at radius 3 is 2.39 bits per heavy atom. The predicted molar refractivity (Wildman–Crippen MR) is 155 cm³/mol. The zero-order valence-corrected chi connectivity index (χ0v) is 23.9. The molecule has 0 saturated carbocycles. The number of ether oxygens (including phenoxy) is 2. The van der Waals surface area contributed by atoms with Gasteiger partial charge in [-0.25, -0.2) is 14.6 Å². The monoisotopic (exact) mass is 558 g/mol. The highest BCUT2D eigenvalue weighted by atomic mass is 16.5. The summed E-state index contributed by atoms with van der Waals surface area (Å²) in [6, 6.07) is 20.9. The summed E-state index contributed by atoms with van der Waals surface area (Å²) >= 11 is 0. The summed E-state index contributed by atoms with van der Waals surface area (Å²) in [7, 11) is 1.68. The third-order valence-corrected chi connectivity index (χ3v) is 8.13. The average Bonchev–Trinajstić information content (AvgIpc) is 3.33. The first-order valence-corrected chi connectivity index (χ1v) is 14.2. The molecule has 2 fully saturated rings. The SMILES string of the molecule is COC[C@H](C)N1C[C@@H](c2ccccc2)N(C2CCN(Cc3ccc(Oc4ccc(C(=O)O)cc4)nc3C)CC2)C1=O. The van der Waals surface area contributed by atoms with Gasteiger partial charge in [-0.05, 0) is 62.1 Å². The van der Waals surface area contributed by atoms with Crippen molar-refractivity contribution >= 4 is 12.0 Å². The molecule has 1 N–H and O–H groups in total. The Kier molecular flexibility index (Phi) is 8.85. The number of aryl methyl sites for hydroxylation is 1. The molecular formula is C32H38N4O5. The highest BCUT2D eigenvalue weighted by Gasteiger charge is 2.44. The van der Waals surface area contributed by atoms with Crippen LogP contribution in [0.5, 0.6) is 11.6 Å². The van der Waals surface area contributed by atoms with Crippen molar-refractivity contribution in [3.8, 4) is 11.6 Å². The number of hydrogen-bond donors (Lipinski definition) is 1. The van der Waals surface area contributed by atoms with Gasteiger partial charge in [-0.1, -0.05) is 36.4 Å². The molecule has 2 atom stereocenters. The van der Waals surface area contributed by atoms with Gasteiger partial charge in [0, 0.05) is 51.1 Å². The van der Waals surface area contributed by atoms with E-state index in [1.54, 1.807) is 19.2 Å². The maximum Gasteiger partial charge on any atom is 0.335 e. The van der Waals surface area contributed by atoms with E-state index >= 15 is 0 Å². The van der Waals surface area contributed by atoms with E-state index in [1.807, 2.05) is 42.2 Å². The van der Waals surface area contributed by atoms with E-state index in [0.717, 1.165) is 43.7 Å². The summed E-state index contributed by atoms with van der Waals surface area (Å²) in [5.41, 5.74) is 3.42. The molecule has 2 aromatic carbocycles. The minimum Gasteiger partial charge on any atom is -0.478 e. The minimum absolute atomic E-state index is 0.0235. The minimum atomic E-state index is -0.972. The number of aromatic nitrogens is 1. The van der Waals surface area contributed by atoms with Crippen LogP contribution < -0.4 is 4.74 Å². The number of carboxylic acid groups (broad SMARTS) is 1. The average molecular weight is 559 g/mol. The first-order valence-electron chi connectivity index (χ1n) is 14.2. The third-order valence-electron chi connectivity index (χ3n) is 8.13. The van der Waals surface area contributed by atoms with Gasteiger partial charge in [0.15, 0.2) is 0 Å². The lowest BCUT2D eigenvalue weighted by Gasteiger charge is -2.39.